The monoisotopic (exact) mass is 279 g/mol. The Morgan fingerprint density at radius 1 is 1.21 bits per heavy atom. The summed E-state index contributed by atoms with van der Waals surface area (Å²) in [6.45, 7) is 0.482. The molecular weight excluding hydrogens is 265 g/mol. The minimum absolute atomic E-state index is 0.0800. The zero-order valence-electron chi connectivity index (χ0n) is 10.6. The van der Waals surface area contributed by atoms with Crippen LogP contribution in [-0.2, 0) is 13.2 Å². The minimum Gasteiger partial charge on any atom is -0.392 e. The molecule has 0 aliphatic carbocycles. The predicted molar refractivity (Wildman–Crippen MR) is 75.9 cm³/mol. The molecule has 0 unspecified atom stereocenters. The highest BCUT2D eigenvalue weighted by atomic mass is 35.5. The van der Waals surface area contributed by atoms with Gasteiger partial charge in [-0.1, -0.05) is 23.7 Å². The summed E-state index contributed by atoms with van der Waals surface area (Å²) in [4.78, 5) is 1.96. The van der Waals surface area contributed by atoms with Crippen LogP contribution in [0.15, 0.2) is 42.5 Å². The summed E-state index contributed by atoms with van der Waals surface area (Å²) < 4.78 is 13.1. The van der Waals surface area contributed by atoms with Crippen molar-refractivity contribution in [3.63, 3.8) is 0 Å². The molecular formula is C15H15ClFNO. The Morgan fingerprint density at radius 2 is 2.00 bits per heavy atom. The van der Waals surface area contributed by atoms with Gasteiger partial charge in [0.15, 0.2) is 0 Å². The Morgan fingerprint density at radius 3 is 2.68 bits per heavy atom. The highest BCUT2D eigenvalue weighted by Crippen LogP contribution is 2.25. The first-order valence-corrected chi connectivity index (χ1v) is 6.33. The van der Waals surface area contributed by atoms with Gasteiger partial charge in [-0.3, -0.25) is 0 Å². The number of nitrogens with zero attached hydrogens (tertiary/aromatic N) is 1. The largest absolute Gasteiger partial charge is 0.392 e. The van der Waals surface area contributed by atoms with Crippen molar-refractivity contribution in [3.8, 4) is 0 Å². The Kier molecular flexibility index (Phi) is 4.40. The van der Waals surface area contributed by atoms with E-state index in [1.807, 2.05) is 24.1 Å². The van der Waals surface area contributed by atoms with E-state index in [0.717, 1.165) is 16.8 Å². The van der Waals surface area contributed by atoms with Gasteiger partial charge < -0.3 is 10.0 Å². The molecule has 2 nitrogen and oxygen atoms in total. The van der Waals surface area contributed by atoms with Gasteiger partial charge >= 0.3 is 0 Å². The Bertz CT molecular complexity index is 574. The lowest BCUT2D eigenvalue weighted by Gasteiger charge is -2.22. The smallest absolute Gasteiger partial charge is 0.123 e. The number of aliphatic hydroxyl groups excluding tert-OH is 1. The molecule has 0 spiro atoms. The molecule has 0 bridgehead atoms. The molecule has 1 N–H and O–H groups in total. The third-order valence-corrected chi connectivity index (χ3v) is 3.17. The third kappa shape index (κ3) is 3.46. The Labute approximate surface area is 117 Å². The van der Waals surface area contributed by atoms with Crippen molar-refractivity contribution in [1.29, 1.82) is 0 Å². The second kappa shape index (κ2) is 6.04. The molecule has 2 rings (SSSR count). The van der Waals surface area contributed by atoms with E-state index in [2.05, 4.69) is 0 Å². The molecule has 2 aromatic carbocycles. The molecule has 0 aliphatic rings. The quantitative estimate of drug-likeness (QED) is 0.924. The van der Waals surface area contributed by atoms with Crippen LogP contribution in [0.3, 0.4) is 0 Å². The molecule has 0 aromatic heterocycles. The van der Waals surface area contributed by atoms with Crippen molar-refractivity contribution in [2.24, 2.45) is 0 Å². The summed E-state index contributed by atoms with van der Waals surface area (Å²) in [5.41, 5.74) is 2.52. The van der Waals surface area contributed by atoms with Gasteiger partial charge in [0.1, 0.15) is 5.82 Å². The van der Waals surface area contributed by atoms with Crippen LogP contribution in [0.5, 0.6) is 0 Å². The van der Waals surface area contributed by atoms with Gasteiger partial charge in [0.25, 0.3) is 0 Å². The first kappa shape index (κ1) is 13.8. The average Bonchev–Trinajstić information content (AvgIpc) is 2.38. The van der Waals surface area contributed by atoms with Gasteiger partial charge in [0.2, 0.25) is 0 Å². The molecule has 100 valence electrons. The maximum absolute atomic E-state index is 13.1. The van der Waals surface area contributed by atoms with Crippen molar-refractivity contribution in [2.45, 2.75) is 13.2 Å². The molecule has 4 heteroatoms. The number of rotatable bonds is 4. The molecule has 0 saturated heterocycles. The number of hydrogen-bond donors (Lipinski definition) is 1. The Hall–Kier alpha value is -1.58. The average molecular weight is 280 g/mol. The number of benzene rings is 2. The van der Waals surface area contributed by atoms with Crippen molar-refractivity contribution in [2.75, 3.05) is 11.9 Å². The van der Waals surface area contributed by atoms with Crippen molar-refractivity contribution in [1.82, 2.24) is 0 Å². The minimum atomic E-state index is -0.246. The Balaban J connectivity index is 2.22. The van der Waals surface area contributed by atoms with Gasteiger partial charge in [0.05, 0.1) is 6.61 Å². The normalized spacial score (nSPS) is 10.5. The summed E-state index contributed by atoms with van der Waals surface area (Å²) in [6.07, 6.45) is 0. The highest BCUT2D eigenvalue weighted by molar-refractivity contribution is 6.30. The van der Waals surface area contributed by atoms with E-state index in [1.54, 1.807) is 18.2 Å². The topological polar surface area (TPSA) is 23.5 Å². The molecule has 0 heterocycles. The predicted octanol–water partition coefficient (Wildman–Crippen LogP) is 3.61. The van der Waals surface area contributed by atoms with E-state index in [9.17, 15) is 9.50 Å². The number of hydrogen-bond acceptors (Lipinski definition) is 2. The fourth-order valence-corrected chi connectivity index (χ4v) is 2.24. The second-order valence-electron chi connectivity index (χ2n) is 4.42. The van der Waals surface area contributed by atoms with Crippen molar-refractivity contribution in [3.05, 3.63) is 64.4 Å². The van der Waals surface area contributed by atoms with E-state index >= 15 is 0 Å². The molecule has 0 amide bonds. The maximum atomic E-state index is 13.1. The van der Waals surface area contributed by atoms with Crippen LogP contribution < -0.4 is 4.90 Å². The van der Waals surface area contributed by atoms with Crippen molar-refractivity contribution < 1.29 is 9.50 Å². The van der Waals surface area contributed by atoms with Gasteiger partial charge in [-0.25, -0.2) is 4.39 Å². The fourth-order valence-electron chi connectivity index (χ4n) is 2.05. The summed E-state index contributed by atoms with van der Waals surface area (Å²) in [6, 6.07) is 11.8. The van der Waals surface area contributed by atoms with E-state index < -0.39 is 0 Å². The molecule has 2 aromatic rings. The lowest BCUT2D eigenvalue weighted by molar-refractivity contribution is 0.282. The molecule has 19 heavy (non-hydrogen) atoms. The first-order chi connectivity index (χ1) is 9.10. The summed E-state index contributed by atoms with van der Waals surface area (Å²) in [7, 11) is 1.90. The SMILES string of the molecule is CN(Cc1cccc(F)c1)c1ccc(Cl)cc1CO. The number of halogens is 2. The number of anilines is 1. The molecule has 0 radical (unpaired) electrons. The zero-order valence-corrected chi connectivity index (χ0v) is 11.4. The van der Waals surface area contributed by atoms with Gasteiger partial charge in [-0.15, -0.1) is 0 Å². The van der Waals surface area contributed by atoms with Gasteiger partial charge in [-0.2, -0.15) is 0 Å². The van der Waals surface area contributed by atoms with Gasteiger partial charge in [0, 0.05) is 29.9 Å². The lowest BCUT2D eigenvalue weighted by Crippen LogP contribution is -2.18. The van der Waals surface area contributed by atoms with E-state index in [1.165, 1.54) is 12.1 Å². The maximum Gasteiger partial charge on any atom is 0.123 e. The third-order valence-electron chi connectivity index (χ3n) is 2.93. The van der Waals surface area contributed by atoms with E-state index in [4.69, 9.17) is 11.6 Å². The van der Waals surface area contributed by atoms with Crippen LogP contribution in [0.2, 0.25) is 5.02 Å². The van der Waals surface area contributed by atoms with Crippen molar-refractivity contribution >= 4 is 17.3 Å². The molecule has 0 saturated carbocycles. The van der Waals surface area contributed by atoms with E-state index in [-0.39, 0.29) is 12.4 Å². The van der Waals surface area contributed by atoms with E-state index in [0.29, 0.717) is 11.6 Å². The molecule has 0 atom stereocenters. The second-order valence-corrected chi connectivity index (χ2v) is 4.85. The molecule has 0 aliphatic heterocycles. The fraction of sp³-hybridized carbons (Fsp3) is 0.200. The van der Waals surface area contributed by atoms with Crippen LogP contribution >= 0.6 is 11.6 Å². The summed E-state index contributed by atoms with van der Waals surface area (Å²) >= 11 is 5.90. The van der Waals surface area contributed by atoms with Crippen LogP contribution in [0.1, 0.15) is 11.1 Å². The highest BCUT2D eigenvalue weighted by Gasteiger charge is 2.08. The summed E-state index contributed by atoms with van der Waals surface area (Å²) in [5.74, 6) is -0.246. The van der Waals surface area contributed by atoms with Crippen LogP contribution in [0, 0.1) is 5.82 Å². The van der Waals surface area contributed by atoms with Gasteiger partial charge in [-0.05, 0) is 35.9 Å². The van der Waals surface area contributed by atoms with Crippen LogP contribution in [0.4, 0.5) is 10.1 Å². The zero-order chi connectivity index (χ0) is 13.8. The molecule has 0 fully saturated rings. The number of aliphatic hydroxyl groups is 1. The first-order valence-electron chi connectivity index (χ1n) is 5.95. The summed E-state index contributed by atoms with van der Waals surface area (Å²) in [5, 5.41) is 9.95. The van der Waals surface area contributed by atoms with Crippen LogP contribution in [-0.4, -0.2) is 12.2 Å². The lowest BCUT2D eigenvalue weighted by atomic mass is 10.1. The standard InChI is InChI=1S/C15H15ClFNO/c1-18(9-11-3-2-4-14(17)7-11)15-6-5-13(16)8-12(15)10-19/h2-8,19H,9-10H2,1H3. The van der Waals surface area contributed by atoms with Crippen LogP contribution in [0.25, 0.3) is 0 Å².